The average molecular weight is 286 g/mol. The van der Waals surface area contributed by atoms with Gasteiger partial charge in [0.1, 0.15) is 0 Å². The number of nitrogen functional groups attached to an aromatic ring is 1. The number of nitrogens with one attached hydrogen (secondary N) is 1. The fourth-order valence-electron chi connectivity index (χ4n) is 2.73. The number of hydrogen-bond donors (Lipinski definition) is 2. The first-order chi connectivity index (χ1) is 9.65. The van der Waals surface area contributed by atoms with Crippen molar-refractivity contribution in [1.29, 1.82) is 0 Å². The number of hydrogen-bond acceptors (Lipinski definition) is 3. The zero-order valence-corrected chi connectivity index (χ0v) is 12.3. The maximum Gasteiger partial charge on any atom is 0.253 e. The minimum absolute atomic E-state index is 0.0887. The Morgan fingerprint density at radius 1 is 1.40 bits per heavy atom. The topological polar surface area (TPSA) is 55.1 Å². The van der Waals surface area contributed by atoms with Crippen molar-refractivity contribution in [1.82, 2.24) is 5.32 Å². The van der Waals surface area contributed by atoms with Crippen LogP contribution in [0.25, 0.3) is 0 Å². The molecule has 0 spiro atoms. The molecule has 1 heterocycles. The van der Waals surface area contributed by atoms with Gasteiger partial charge in [0.15, 0.2) is 0 Å². The van der Waals surface area contributed by atoms with Crippen LogP contribution in [-0.2, 0) is 19.4 Å². The van der Waals surface area contributed by atoms with Crippen LogP contribution in [0.5, 0.6) is 0 Å². The first-order valence-electron chi connectivity index (χ1n) is 6.89. The normalized spacial score (nSPS) is 13.2. The Bertz CT molecular complexity index is 619. The highest BCUT2D eigenvalue weighted by Gasteiger charge is 2.16. The molecule has 4 heteroatoms. The van der Waals surface area contributed by atoms with Gasteiger partial charge in [-0.15, -0.1) is 11.3 Å². The van der Waals surface area contributed by atoms with Crippen molar-refractivity contribution >= 4 is 22.9 Å². The summed E-state index contributed by atoms with van der Waals surface area (Å²) in [4.78, 5) is 15.0. The van der Waals surface area contributed by atoms with Gasteiger partial charge in [-0.05, 0) is 49.4 Å². The number of anilines is 1. The molecule has 1 aliphatic rings. The minimum Gasteiger partial charge on any atom is -0.398 e. The van der Waals surface area contributed by atoms with Crippen LogP contribution in [0, 0.1) is 6.92 Å². The van der Waals surface area contributed by atoms with Gasteiger partial charge in [-0.2, -0.15) is 0 Å². The highest BCUT2D eigenvalue weighted by molar-refractivity contribution is 7.12. The fourth-order valence-corrected chi connectivity index (χ4v) is 3.93. The van der Waals surface area contributed by atoms with Crippen LogP contribution in [0.3, 0.4) is 0 Å². The lowest BCUT2D eigenvalue weighted by molar-refractivity contribution is 0.0951. The number of fused-ring (bicyclic) bond motifs is 1. The van der Waals surface area contributed by atoms with E-state index >= 15 is 0 Å². The van der Waals surface area contributed by atoms with Crippen LogP contribution < -0.4 is 11.1 Å². The van der Waals surface area contributed by atoms with E-state index in [1.807, 2.05) is 30.4 Å². The third-order valence-corrected chi connectivity index (χ3v) is 4.99. The highest BCUT2D eigenvalue weighted by Crippen LogP contribution is 2.30. The number of amides is 1. The van der Waals surface area contributed by atoms with Crippen molar-refractivity contribution in [3.8, 4) is 0 Å². The van der Waals surface area contributed by atoms with Gasteiger partial charge in [-0.3, -0.25) is 4.79 Å². The number of carbonyl (C=O) groups excluding carboxylic acids is 1. The molecule has 0 aliphatic heterocycles. The van der Waals surface area contributed by atoms with Gasteiger partial charge in [0.05, 0.1) is 12.1 Å². The van der Waals surface area contributed by atoms with Gasteiger partial charge >= 0.3 is 0 Å². The average Bonchev–Trinajstić information content (AvgIpc) is 2.96. The Morgan fingerprint density at radius 2 is 2.25 bits per heavy atom. The summed E-state index contributed by atoms with van der Waals surface area (Å²) < 4.78 is 0. The molecule has 104 valence electrons. The van der Waals surface area contributed by atoms with Gasteiger partial charge in [-0.25, -0.2) is 0 Å². The molecule has 0 unspecified atom stereocenters. The Hall–Kier alpha value is -1.81. The number of aryl methyl sites for hydroxylation is 3. The highest BCUT2D eigenvalue weighted by atomic mass is 32.1. The Morgan fingerprint density at radius 3 is 3.00 bits per heavy atom. The molecule has 1 aromatic heterocycles. The van der Waals surface area contributed by atoms with E-state index in [1.165, 1.54) is 34.6 Å². The quantitative estimate of drug-likeness (QED) is 0.852. The Labute approximate surface area is 122 Å². The smallest absolute Gasteiger partial charge is 0.253 e. The maximum atomic E-state index is 12.2. The van der Waals surface area contributed by atoms with E-state index in [0.29, 0.717) is 17.8 Å². The zero-order valence-electron chi connectivity index (χ0n) is 11.5. The molecular formula is C16H18N2OS. The molecule has 1 amide bonds. The molecule has 3 nitrogen and oxygen atoms in total. The van der Waals surface area contributed by atoms with Gasteiger partial charge < -0.3 is 11.1 Å². The fraction of sp³-hybridized carbons (Fsp3) is 0.312. The number of nitrogens with two attached hydrogens (primary N) is 1. The third kappa shape index (κ3) is 2.43. The van der Waals surface area contributed by atoms with Crippen LogP contribution in [-0.4, -0.2) is 5.91 Å². The van der Waals surface area contributed by atoms with E-state index in [0.717, 1.165) is 5.56 Å². The second-order valence-corrected chi connectivity index (χ2v) is 6.46. The van der Waals surface area contributed by atoms with E-state index in [2.05, 4.69) is 11.4 Å². The maximum absolute atomic E-state index is 12.2. The molecule has 0 atom stereocenters. The molecule has 3 rings (SSSR count). The molecule has 2 aromatic rings. The van der Waals surface area contributed by atoms with Gasteiger partial charge in [0, 0.05) is 15.4 Å². The van der Waals surface area contributed by atoms with E-state index in [-0.39, 0.29) is 5.91 Å². The monoisotopic (exact) mass is 286 g/mol. The van der Waals surface area contributed by atoms with Crippen LogP contribution in [0.1, 0.15) is 37.7 Å². The predicted molar refractivity (Wildman–Crippen MR) is 83.1 cm³/mol. The lowest BCUT2D eigenvalue weighted by Crippen LogP contribution is -2.24. The van der Waals surface area contributed by atoms with Crippen LogP contribution in [0.2, 0.25) is 0 Å². The van der Waals surface area contributed by atoms with Gasteiger partial charge in [-0.1, -0.05) is 12.1 Å². The van der Waals surface area contributed by atoms with E-state index in [1.54, 1.807) is 6.07 Å². The Balaban J connectivity index is 1.70. The molecule has 1 aromatic carbocycles. The van der Waals surface area contributed by atoms with Crippen molar-refractivity contribution in [3.05, 3.63) is 50.7 Å². The molecule has 20 heavy (non-hydrogen) atoms. The first kappa shape index (κ1) is 13.2. The summed E-state index contributed by atoms with van der Waals surface area (Å²) in [5.74, 6) is -0.0887. The molecular weight excluding hydrogens is 268 g/mol. The number of carbonyl (C=O) groups is 1. The van der Waals surface area contributed by atoms with Crippen LogP contribution >= 0.6 is 11.3 Å². The predicted octanol–water partition coefficient (Wildman–Crippen LogP) is 3.06. The van der Waals surface area contributed by atoms with Gasteiger partial charge in [0.2, 0.25) is 0 Å². The van der Waals surface area contributed by atoms with Gasteiger partial charge in [0.25, 0.3) is 5.91 Å². The van der Waals surface area contributed by atoms with Crippen molar-refractivity contribution in [2.45, 2.75) is 32.7 Å². The first-order valence-corrected chi connectivity index (χ1v) is 7.70. The van der Waals surface area contributed by atoms with Crippen molar-refractivity contribution < 1.29 is 4.79 Å². The number of benzene rings is 1. The summed E-state index contributed by atoms with van der Waals surface area (Å²) in [6.45, 7) is 2.50. The SMILES string of the molecule is Cc1cccc(N)c1C(=O)NCc1cc2c(s1)CCC2. The number of rotatable bonds is 3. The summed E-state index contributed by atoms with van der Waals surface area (Å²) in [7, 11) is 0. The zero-order chi connectivity index (χ0) is 14.1. The Kier molecular flexibility index (Phi) is 3.49. The van der Waals surface area contributed by atoms with Crippen molar-refractivity contribution in [3.63, 3.8) is 0 Å². The van der Waals surface area contributed by atoms with Crippen molar-refractivity contribution in [2.24, 2.45) is 0 Å². The number of thiophene rings is 1. The summed E-state index contributed by atoms with van der Waals surface area (Å²) in [5, 5.41) is 2.98. The van der Waals surface area contributed by atoms with E-state index in [4.69, 9.17) is 5.73 Å². The molecule has 0 radical (unpaired) electrons. The van der Waals surface area contributed by atoms with Crippen LogP contribution in [0.4, 0.5) is 5.69 Å². The van der Waals surface area contributed by atoms with E-state index in [9.17, 15) is 4.79 Å². The van der Waals surface area contributed by atoms with Crippen LogP contribution in [0.15, 0.2) is 24.3 Å². The summed E-state index contributed by atoms with van der Waals surface area (Å²) >= 11 is 1.82. The second-order valence-electron chi connectivity index (χ2n) is 5.24. The molecule has 3 N–H and O–H groups in total. The molecule has 0 saturated heterocycles. The summed E-state index contributed by atoms with van der Waals surface area (Å²) in [5.41, 5.74) is 9.40. The lowest BCUT2D eigenvalue weighted by atomic mass is 10.1. The molecule has 1 aliphatic carbocycles. The third-order valence-electron chi connectivity index (χ3n) is 3.75. The second kappa shape index (κ2) is 5.29. The molecule has 0 bridgehead atoms. The molecule has 0 fully saturated rings. The summed E-state index contributed by atoms with van der Waals surface area (Å²) in [6, 6.07) is 7.77. The largest absolute Gasteiger partial charge is 0.398 e. The molecule has 0 saturated carbocycles. The van der Waals surface area contributed by atoms with E-state index < -0.39 is 0 Å². The standard InChI is InChI=1S/C16H18N2OS/c1-10-4-2-6-13(17)15(10)16(19)18-9-12-8-11-5-3-7-14(11)20-12/h2,4,6,8H,3,5,7,9,17H2,1H3,(H,18,19). The van der Waals surface area contributed by atoms with Crippen molar-refractivity contribution in [2.75, 3.05) is 5.73 Å². The lowest BCUT2D eigenvalue weighted by Gasteiger charge is -2.09. The minimum atomic E-state index is -0.0887. The summed E-state index contributed by atoms with van der Waals surface area (Å²) in [6.07, 6.45) is 3.65.